The highest BCUT2D eigenvalue weighted by Crippen LogP contribution is 2.32. The normalized spacial score (nSPS) is 13.9. The minimum atomic E-state index is -0.536. The van der Waals surface area contributed by atoms with Crippen LogP contribution in [0.4, 0.5) is 17.3 Å². The minimum absolute atomic E-state index is 0.00563. The number of hydrazine groups is 1. The van der Waals surface area contributed by atoms with Crippen LogP contribution >= 0.6 is 0 Å². The predicted octanol–water partition coefficient (Wildman–Crippen LogP) is -0.113. The van der Waals surface area contributed by atoms with Crippen LogP contribution in [0.15, 0.2) is 18.7 Å². The lowest BCUT2D eigenvalue weighted by Gasteiger charge is -2.28. The lowest BCUT2D eigenvalue weighted by Crippen LogP contribution is -2.34. The molecule has 0 aromatic carbocycles. The molecule has 1 aliphatic heterocycles. The summed E-state index contributed by atoms with van der Waals surface area (Å²) in [6.45, 7) is 1.75. The summed E-state index contributed by atoms with van der Waals surface area (Å²) in [7, 11) is 0. The molecule has 0 radical (unpaired) electrons. The largest absolute Gasteiger partial charge is 0.354 e. The zero-order valence-corrected chi connectivity index (χ0v) is 10.4. The van der Waals surface area contributed by atoms with Crippen LogP contribution in [0.1, 0.15) is 5.82 Å². The lowest BCUT2D eigenvalue weighted by molar-refractivity contribution is -0.383. The van der Waals surface area contributed by atoms with Gasteiger partial charge in [0.1, 0.15) is 12.2 Å². The van der Waals surface area contributed by atoms with Crippen LogP contribution in [-0.2, 0) is 13.1 Å². The van der Waals surface area contributed by atoms with E-state index in [9.17, 15) is 10.1 Å². The molecule has 2 aromatic heterocycles. The van der Waals surface area contributed by atoms with Gasteiger partial charge in [-0.15, -0.1) is 0 Å². The first-order valence-electron chi connectivity index (χ1n) is 5.91. The second kappa shape index (κ2) is 4.74. The second-order valence-corrected chi connectivity index (χ2v) is 4.25. The van der Waals surface area contributed by atoms with Gasteiger partial charge in [0, 0.05) is 25.5 Å². The van der Waals surface area contributed by atoms with Crippen molar-refractivity contribution in [3.8, 4) is 0 Å². The van der Waals surface area contributed by atoms with Crippen molar-refractivity contribution in [2.45, 2.75) is 13.1 Å². The molecule has 0 fully saturated rings. The third kappa shape index (κ3) is 1.91. The van der Waals surface area contributed by atoms with E-state index < -0.39 is 4.92 Å². The molecular formula is C10H12N8O2. The van der Waals surface area contributed by atoms with Crippen molar-refractivity contribution in [2.24, 2.45) is 5.84 Å². The number of hydrogen-bond acceptors (Lipinski definition) is 8. The van der Waals surface area contributed by atoms with E-state index in [-0.39, 0.29) is 17.3 Å². The Labute approximate surface area is 113 Å². The van der Waals surface area contributed by atoms with Crippen molar-refractivity contribution in [3.05, 3.63) is 34.7 Å². The van der Waals surface area contributed by atoms with Crippen molar-refractivity contribution in [2.75, 3.05) is 16.9 Å². The van der Waals surface area contributed by atoms with Gasteiger partial charge < -0.3 is 14.9 Å². The van der Waals surface area contributed by atoms with Crippen molar-refractivity contribution >= 4 is 17.3 Å². The highest BCUT2D eigenvalue weighted by atomic mass is 16.6. The first-order chi connectivity index (χ1) is 9.70. The van der Waals surface area contributed by atoms with Crippen molar-refractivity contribution in [1.29, 1.82) is 0 Å². The van der Waals surface area contributed by atoms with Gasteiger partial charge in [0.15, 0.2) is 0 Å². The smallest absolute Gasteiger partial charge is 0.341 e. The first kappa shape index (κ1) is 12.3. The van der Waals surface area contributed by atoms with Gasteiger partial charge in [-0.2, -0.15) is 0 Å². The number of nitrogens with one attached hydrogen (secondary N) is 1. The Morgan fingerprint density at radius 3 is 2.95 bits per heavy atom. The molecule has 0 unspecified atom stereocenters. The molecule has 0 bridgehead atoms. The molecule has 104 valence electrons. The summed E-state index contributed by atoms with van der Waals surface area (Å²) in [4.78, 5) is 24.5. The standard InChI is InChI=1S/C10H12N8O2/c11-15-9-8(18(19)20)10(14-6-13-9)17-4-3-16-2-1-12-7(16)5-17/h1-2,6H,3-5,11H2,(H,13,14,15). The van der Waals surface area contributed by atoms with Gasteiger partial charge in [0.2, 0.25) is 11.6 Å². The van der Waals surface area contributed by atoms with Crippen molar-refractivity contribution in [1.82, 2.24) is 19.5 Å². The van der Waals surface area contributed by atoms with E-state index >= 15 is 0 Å². The maximum absolute atomic E-state index is 11.2. The third-order valence-electron chi connectivity index (χ3n) is 3.17. The van der Waals surface area contributed by atoms with E-state index in [4.69, 9.17) is 5.84 Å². The molecular weight excluding hydrogens is 264 g/mol. The van der Waals surface area contributed by atoms with Gasteiger partial charge in [-0.25, -0.2) is 20.8 Å². The van der Waals surface area contributed by atoms with E-state index in [0.717, 1.165) is 5.82 Å². The number of fused-ring (bicyclic) bond motifs is 1. The van der Waals surface area contributed by atoms with Gasteiger partial charge in [-0.3, -0.25) is 10.1 Å². The number of hydrogen-bond donors (Lipinski definition) is 2. The van der Waals surface area contributed by atoms with Gasteiger partial charge in [-0.1, -0.05) is 0 Å². The lowest BCUT2D eigenvalue weighted by atomic mass is 10.3. The monoisotopic (exact) mass is 276 g/mol. The van der Waals surface area contributed by atoms with Crippen molar-refractivity contribution < 1.29 is 4.92 Å². The highest BCUT2D eigenvalue weighted by Gasteiger charge is 2.29. The van der Waals surface area contributed by atoms with Crippen LogP contribution in [-0.4, -0.2) is 31.0 Å². The van der Waals surface area contributed by atoms with Gasteiger partial charge in [0.25, 0.3) is 0 Å². The van der Waals surface area contributed by atoms with E-state index in [1.807, 2.05) is 10.8 Å². The number of anilines is 2. The molecule has 2 aromatic rings. The summed E-state index contributed by atoms with van der Waals surface area (Å²) in [6.07, 6.45) is 4.84. The van der Waals surface area contributed by atoms with E-state index in [2.05, 4.69) is 20.4 Å². The maximum Gasteiger partial charge on any atom is 0.354 e. The summed E-state index contributed by atoms with van der Waals surface area (Å²) >= 11 is 0. The van der Waals surface area contributed by atoms with Gasteiger partial charge >= 0.3 is 5.69 Å². The molecule has 0 saturated carbocycles. The Balaban J connectivity index is 2.01. The molecule has 3 N–H and O–H groups in total. The molecule has 0 amide bonds. The summed E-state index contributed by atoms with van der Waals surface area (Å²) in [5.74, 6) is 6.34. The summed E-state index contributed by atoms with van der Waals surface area (Å²) in [5, 5.41) is 11.2. The molecule has 10 nitrogen and oxygen atoms in total. The summed E-state index contributed by atoms with van der Waals surface area (Å²) < 4.78 is 2.01. The molecule has 0 atom stereocenters. The topological polar surface area (TPSA) is 128 Å². The van der Waals surface area contributed by atoms with E-state index in [0.29, 0.717) is 19.6 Å². The number of nitrogens with two attached hydrogens (primary N) is 1. The molecule has 1 aliphatic rings. The Kier molecular flexibility index (Phi) is 2.91. The van der Waals surface area contributed by atoms with Crippen LogP contribution in [0.5, 0.6) is 0 Å². The first-order valence-corrected chi connectivity index (χ1v) is 5.91. The van der Waals surface area contributed by atoms with E-state index in [1.165, 1.54) is 6.33 Å². The highest BCUT2D eigenvalue weighted by molar-refractivity contribution is 5.69. The third-order valence-corrected chi connectivity index (χ3v) is 3.17. The number of nitrogens with zero attached hydrogens (tertiary/aromatic N) is 6. The molecule has 0 saturated heterocycles. The molecule has 3 rings (SSSR count). The van der Waals surface area contributed by atoms with Gasteiger partial charge in [-0.05, 0) is 0 Å². The maximum atomic E-state index is 11.2. The fraction of sp³-hybridized carbons (Fsp3) is 0.300. The quantitative estimate of drug-likeness (QED) is 0.451. The number of nitro groups is 1. The van der Waals surface area contributed by atoms with Crippen LogP contribution in [0.2, 0.25) is 0 Å². The predicted molar refractivity (Wildman–Crippen MR) is 69.8 cm³/mol. The minimum Gasteiger partial charge on any atom is -0.341 e. The summed E-state index contributed by atoms with van der Waals surface area (Å²) in [5.41, 5.74) is 2.00. The van der Waals surface area contributed by atoms with E-state index in [1.54, 1.807) is 11.1 Å². The summed E-state index contributed by atoms with van der Waals surface area (Å²) in [6, 6.07) is 0. The average molecular weight is 276 g/mol. The Bertz CT molecular complexity index is 654. The second-order valence-electron chi connectivity index (χ2n) is 4.25. The Morgan fingerprint density at radius 1 is 1.35 bits per heavy atom. The Morgan fingerprint density at radius 2 is 2.20 bits per heavy atom. The van der Waals surface area contributed by atoms with Crippen LogP contribution in [0, 0.1) is 10.1 Å². The SMILES string of the molecule is NNc1ncnc(N2CCn3ccnc3C2)c1[N+](=O)[O-]. The van der Waals surface area contributed by atoms with Crippen LogP contribution < -0.4 is 16.2 Å². The molecule has 0 spiro atoms. The van der Waals surface area contributed by atoms with Gasteiger partial charge in [0.05, 0.1) is 11.5 Å². The fourth-order valence-corrected chi connectivity index (χ4v) is 2.23. The van der Waals surface area contributed by atoms with Crippen LogP contribution in [0.3, 0.4) is 0 Å². The number of imidazole rings is 1. The molecule has 3 heterocycles. The molecule has 20 heavy (non-hydrogen) atoms. The number of nitrogen functional groups attached to an aromatic ring is 1. The number of aromatic nitrogens is 4. The number of rotatable bonds is 3. The Hall–Kier alpha value is -2.75. The van der Waals surface area contributed by atoms with Crippen LogP contribution in [0.25, 0.3) is 0 Å². The molecule has 10 heteroatoms. The van der Waals surface area contributed by atoms with Crippen molar-refractivity contribution in [3.63, 3.8) is 0 Å². The average Bonchev–Trinajstić information content (AvgIpc) is 2.93. The molecule has 0 aliphatic carbocycles. The zero-order chi connectivity index (χ0) is 14.1. The fourth-order valence-electron chi connectivity index (χ4n) is 2.23. The zero-order valence-electron chi connectivity index (χ0n) is 10.4.